The van der Waals surface area contributed by atoms with Crippen LogP contribution in [0.5, 0.6) is 0 Å². The molecule has 0 aromatic carbocycles. The third-order valence-corrected chi connectivity index (χ3v) is 1.40. The maximum atomic E-state index is 11.4. The topological polar surface area (TPSA) is 40.5 Å². The van der Waals surface area contributed by atoms with E-state index in [1.165, 1.54) is 11.1 Å². The zero-order valence-electron chi connectivity index (χ0n) is 10.5. The van der Waals surface area contributed by atoms with Crippen molar-refractivity contribution in [2.75, 3.05) is 6.54 Å². The molecular formula is C12H23NO2. The maximum absolute atomic E-state index is 11.4. The summed E-state index contributed by atoms with van der Waals surface area (Å²) in [4.78, 5) is 12.7. The molecule has 0 rings (SSSR count). The number of hydrogen-bond donors (Lipinski definition) is 1. The first-order valence-electron chi connectivity index (χ1n) is 5.09. The molecule has 0 aliphatic rings. The molecule has 0 unspecified atom stereocenters. The van der Waals surface area contributed by atoms with Crippen molar-refractivity contribution < 1.29 is 9.90 Å². The largest absolute Gasteiger partial charge is 0.389 e. The second-order valence-corrected chi connectivity index (χ2v) is 3.71. The van der Waals surface area contributed by atoms with Crippen LogP contribution in [0.2, 0.25) is 0 Å². The highest BCUT2D eigenvalue weighted by atomic mass is 16.3. The van der Waals surface area contributed by atoms with E-state index < -0.39 is 5.60 Å². The lowest BCUT2D eigenvalue weighted by Gasteiger charge is -2.26. The molecule has 88 valence electrons. The fourth-order valence-corrected chi connectivity index (χ4v) is 0.881. The van der Waals surface area contributed by atoms with Crippen LogP contribution in [-0.4, -0.2) is 28.1 Å². The van der Waals surface area contributed by atoms with Crippen LogP contribution in [0.15, 0.2) is 24.9 Å². The van der Waals surface area contributed by atoms with Gasteiger partial charge in [0, 0.05) is 5.57 Å². The van der Waals surface area contributed by atoms with E-state index in [9.17, 15) is 9.90 Å². The summed E-state index contributed by atoms with van der Waals surface area (Å²) in [6, 6.07) is 0. The van der Waals surface area contributed by atoms with Crippen molar-refractivity contribution in [3.8, 4) is 0 Å². The smallest absolute Gasteiger partial charge is 0.252 e. The molecule has 0 spiro atoms. The molecule has 0 aromatic heterocycles. The van der Waals surface area contributed by atoms with Crippen LogP contribution < -0.4 is 0 Å². The fraction of sp³-hybridized carbons (Fsp3) is 0.583. The quantitative estimate of drug-likeness (QED) is 0.728. The second-order valence-electron chi connectivity index (χ2n) is 3.71. The van der Waals surface area contributed by atoms with E-state index in [2.05, 4.69) is 13.2 Å². The van der Waals surface area contributed by atoms with Crippen LogP contribution in [0.4, 0.5) is 0 Å². The number of nitrogens with zero attached hydrogens (tertiary/aromatic N) is 1. The van der Waals surface area contributed by atoms with Crippen molar-refractivity contribution in [1.29, 1.82) is 0 Å². The van der Waals surface area contributed by atoms with Crippen LogP contribution in [-0.2, 0) is 4.79 Å². The van der Waals surface area contributed by atoms with E-state index in [0.717, 1.165) is 0 Å². The molecule has 0 bridgehead atoms. The predicted octanol–water partition coefficient (Wildman–Crippen LogP) is 2.33. The van der Waals surface area contributed by atoms with Gasteiger partial charge in [-0.15, -0.1) is 0 Å². The van der Waals surface area contributed by atoms with Gasteiger partial charge in [-0.2, -0.15) is 0 Å². The number of aliphatic hydroxyl groups is 1. The van der Waals surface area contributed by atoms with Crippen molar-refractivity contribution in [3.63, 3.8) is 0 Å². The van der Waals surface area contributed by atoms with E-state index in [1.807, 2.05) is 13.8 Å². The van der Waals surface area contributed by atoms with Gasteiger partial charge in [0.2, 0.25) is 0 Å². The monoisotopic (exact) mass is 213 g/mol. The van der Waals surface area contributed by atoms with Gasteiger partial charge in [0.05, 0.1) is 12.1 Å². The lowest BCUT2D eigenvalue weighted by atomic mass is 10.1. The minimum absolute atomic E-state index is 0.211. The Morgan fingerprint density at radius 3 is 2.07 bits per heavy atom. The minimum Gasteiger partial charge on any atom is -0.389 e. The summed E-state index contributed by atoms with van der Waals surface area (Å²) in [5.41, 5.74) is -0.483. The molecule has 0 atom stereocenters. The van der Waals surface area contributed by atoms with Gasteiger partial charge in [-0.05, 0) is 27.0 Å². The first-order chi connectivity index (χ1) is 6.78. The summed E-state index contributed by atoms with van der Waals surface area (Å²) in [5.74, 6) is -0.211. The van der Waals surface area contributed by atoms with Gasteiger partial charge in [-0.3, -0.25) is 4.79 Å². The van der Waals surface area contributed by atoms with Crippen LogP contribution in [0.25, 0.3) is 0 Å². The number of amides is 1. The molecule has 0 fully saturated rings. The number of rotatable bonds is 4. The molecule has 1 amide bonds. The number of carbonyl (C=O) groups excluding carboxylic acids is 1. The zero-order chi connectivity index (χ0) is 12.6. The molecule has 0 heterocycles. The summed E-state index contributed by atoms with van der Waals surface area (Å²) in [5, 5.41) is 9.48. The molecule has 0 saturated heterocycles. The molecule has 3 nitrogen and oxygen atoms in total. The molecule has 0 saturated carbocycles. The lowest BCUT2D eigenvalue weighted by Crippen LogP contribution is -2.39. The molecule has 0 aliphatic carbocycles. The van der Waals surface area contributed by atoms with Gasteiger partial charge in [-0.25, -0.2) is 0 Å². The molecule has 0 aromatic rings. The van der Waals surface area contributed by atoms with Crippen molar-refractivity contribution in [2.24, 2.45) is 0 Å². The van der Waals surface area contributed by atoms with Crippen LogP contribution in [0.3, 0.4) is 0 Å². The average molecular weight is 213 g/mol. The maximum Gasteiger partial charge on any atom is 0.252 e. The zero-order valence-corrected chi connectivity index (χ0v) is 10.5. The molecule has 15 heavy (non-hydrogen) atoms. The van der Waals surface area contributed by atoms with E-state index in [4.69, 9.17) is 0 Å². The van der Waals surface area contributed by atoms with Crippen molar-refractivity contribution >= 4 is 5.91 Å². The molecule has 3 heteroatoms. The highest BCUT2D eigenvalue weighted by Gasteiger charge is 2.20. The molecular weight excluding hydrogens is 190 g/mol. The summed E-state index contributed by atoms with van der Waals surface area (Å²) in [7, 11) is 0. The fourth-order valence-electron chi connectivity index (χ4n) is 0.881. The molecule has 0 radical (unpaired) electrons. The van der Waals surface area contributed by atoms with E-state index in [0.29, 0.717) is 5.57 Å². The van der Waals surface area contributed by atoms with E-state index >= 15 is 0 Å². The van der Waals surface area contributed by atoms with Gasteiger partial charge in [0.15, 0.2) is 0 Å². The van der Waals surface area contributed by atoms with Crippen molar-refractivity contribution in [3.05, 3.63) is 24.9 Å². The highest BCUT2D eigenvalue weighted by molar-refractivity contribution is 5.92. The second kappa shape index (κ2) is 7.23. The Balaban J connectivity index is 0. The lowest BCUT2D eigenvalue weighted by molar-refractivity contribution is -0.126. The van der Waals surface area contributed by atoms with Gasteiger partial charge < -0.3 is 10.0 Å². The van der Waals surface area contributed by atoms with Gasteiger partial charge in [0.1, 0.15) is 0 Å². The Kier molecular flexibility index (Phi) is 7.88. The Labute approximate surface area is 93.1 Å². The first kappa shape index (κ1) is 16.3. The van der Waals surface area contributed by atoms with Crippen LogP contribution in [0.1, 0.15) is 34.6 Å². The van der Waals surface area contributed by atoms with E-state index in [1.54, 1.807) is 20.8 Å². The highest BCUT2D eigenvalue weighted by Crippen LogP contribution is 2.07. The number of hydrogen-bond acceptors (Lipinski definition) is 2. The van der Waals surface area contributed by atoms with Crippen LogP contribution in [0, 0.1) is 0 Å². The standard InChI is InChI=1S/C10H17NO2.C2H6/c1-6-11(7-10(4,5)13)9(12)8(2)3;1-2/h6,13H,1-2,7H2,3-5H3;1-2H3. The normalized spacial score (nSPS) is 9.73. The predicted molar refractivity (Wildman–Crippen MR) is 64.4 cm³/mol. The van der Waals surface area contributed by atoms with Crippen molar-refractivity contribution in [1.82, 2.24) is 4.90 Å². The Morgan fingerprint density at radius 2 is 1.87 bits per heavy atom. The Bertz CT molecular complexity index is 226. The van der Waals surface area contributed by atoms with E-state index in [-0.39, 0.29) is 12.5 Å². The van der Waals surface area contributed by atoms with Crippen LogP contribution >= 0.6 is 0 Å². The van der Waals surface area contributed by atoms with Crippen molar-refractivity contribution in [2.45, 2.75) is 40.2 Å². The minimum atomic E-state index is -0.917. The van der Waals surface area contributed by atoms with Gasteiger partial charge in [0.25, 0.3) is 5.91 Å². The Morgan fingerprint density at radius 1 is 1.47 bits per heavy atom. The number of carbonyl (C=O) groups is 1. The van der Waals surface area contributed by atoms with Gasteiger partial charge >= 0.3 is 0 Å². The molecule has 0 aliphatic heterocycles. The summed E-state index contributed by atoms with van der Waals surface area (Å²) in [6.07, 6.45) is 1.40. The third kappa shape index (κ3) is 7.94. The summed E-state index contributed by atoms with van der Waals surface area (Å²) >= 11 is 0. The summed E-state index contributed by atoms with van der Waals surface area (Å²) < 4.78 is 0. The first-order valence-corrected chi connectivity index (χ1v) is 5.09. The van der Waals surface area contributed by atoms with Gasteiger partial charge in [-0.1, -0.05) is 27.0 Å². The third-order valence-electron chi connectivity index (χ3n) is 1.40. The summed E-state index contributed by atoms with van der Waals surface area (Å²) in [6.45, 7) is 16.2. The molecule has 1 N–H and O–H groups in total. The average Bonchev–Trinajstić information content (AvgIpc) is 2.14. The Hall–Kier alpha value is -1.09. The SMILES string of the molecule is C=CN(CC(C)(C)O)C(=O)C(=C)C.CC.